The number of hydrogen-bond donors (Lipinski definition) is 1. The molecule has 0 radical (unpaired) electrons. The van der Waals surface area contributed by atoms with Gasteiger partial charge in [-0.3, -0.25) is 4.68 Å². The van der Waals surface area contributed by atoms with Crippen molar-refractivity contribution < 1.29 is 0 Å². The molecule has 0 saturated carbocycles. The average molecular weight is 236 g/mol. The predicted molar refractivity (Wildman–Crippen MR) is 65.6 cm³/mol. The number of rotatable bonds is 3. The fourth-order valence-corrected chi connectivity index (χ4v) is 1.96. The van der Waals surface area contributed by atoms with Crippen molar-refractivity contribution in [2.24, 2.45) is 7.05 Å². The summed E-state index contributed by atoms with van der Waals surface area (Å²) < 4.78 is 1.80. The predicted octanol–water partition coefficient (Wildman–Crippen LogP) is 2.38. The Balaban J connectivity index is 2.36. The second-order valence-electron chi connectivity index (χ2n) is 3.69. The van der Waals surface area contributed by atoms with Crippen LogP contribution in [0.1, 0.15) is 17.3 Å². The molecule has 16 heavy (non-hydrogen) atoms. The largest absolute Gasteiger partial charge is 0.308 e. The van der Waals surface area contributed by atoms with Crippen molar-refractivity contribution >= 4 is 11.6 Å². The SMILES string of the molecule is CNC(c1cccc(Cl)c1)c1ccn(C)n1. The minimum atomic E-state index is 0.0832. The van der Waals surface area contributed by atoms with Crippen LogP contribution in [0.3, 0.4) is 0 Å². The summed E-state index contributed by atoms with van der Waals surface area (Å²) in [6.07, 6.45) is 1.93. The molecule has 0 aliphatic heterocycles. The summed E-state index contributed by atoms with van der Waals surface area (Å²) in [5, 5.41) is 8.38. The van der Waals surface area contributed by atoms with Crippen LogP contribution in [0.25, 0.3) is 0 Å². The highest BCUT2D eigenvalue weighted by Gasteiger charge is 2.14. The van der Waals surface area contributed by atoms with Gasteiger partial charge in [0.1, 0.15) is 0 Å². The molecule has 4 heteroatoms. The van der Waals surface area contributed by atoms with Crippen molar-refractivity contribution in [3.63, 3.8) is 0 Å². The van der Waals surface area contributed by atoms with Crippen molar-refractivity contribution in [3.05, 3.63) is 52.8 Å². The average Bonchev–Trinajstić information content (AvgIpc) is 2.66. The molecule has 1 atom stereocenters. The molecule has 84 valence electrons. The lowest BCUT2D eigenvalue weighted by Gasteiger charge is -2.14. The molecule has 2 rings (SSSR count). The molecular weight excluding hydrogens is 222 g/mol. The quantitative estimate of drug-likeness (QED) is 0.886. The molecule has 1 heterocycles. The van der Waals surface area contributed by atoms with Crippen LogP contribution >= 0.6 is 11.6 Å². The molecule has 0 aliphatic carbocycles. The van der Waals surface area contributed by atoms with Crippen molar-refractivity contribution in [3.8, 4) is 0 Å². The molecule has 1 aromatic heterocycles. The van der Waals surface area contributed by atoms with Gasteiger partial charge in [-0.05, 0) is 30.8 Å². The molecular formula is C12H14ClN3. The Hall–Kier alpha value is -1.32. The van der Waals surface area contributed by atoms with Gasteiger partial charge >= 0.3 is 0 Å². The highest BCUT2D eigenvalue weighted by molar-refractivity contribution is 6.30. The van der Waals surface area contributed by atoms with E-state index in [9.17, 15) is 0 Å². The minimum absolute atomic E-state index is 0.0832. The maximum atomic E-state index is 5.99. The van der Waals surface area contributed by atoms with Crippen molar-refractivity contribution in [1.82, 2.24) is 15.1 Å². The van der Waals surface area contributed by atoms with Crippen LogP contribution in [0, 0.1) is 0 Å². The Bertz CT molecular complexity index is 479. The van der Waals surface area contributed by atoms with E-state index in [1.807, 2.05) is 50.6 Å². The summed E-state index contributed by atoms with van der Waals surface area (Å²) in [6, 6.07) is 9.91. The lowest BCUT2D eigenvalue weighted by atomic mass is 10.0. The first-order chi connectivity index (χ1) is 7.70. The zero-order chi connectivity index (χ0) is 11.5. The summed E-state index contributed by atoms with van der Waals surface area (Å²) in [4.78, 5) is 0. The standard InChI is InChI=1S/C12H14ClN3/c1-14-12(11-6-7-16(2)15-11)9-4-3-5-10(13)8-9/h3-8,12,14H,1-2H3. The Kier molecular flexibility index (Phi) is 3.27. The number of benzene rings is 1. The first-order valence-electron chi connectivity index (χ1n) is 5.13. The molecule has 1 aromatic carbocycles. The van der Waals surface area contributed by atoms with Crippen LogP contribution < -0.4 is 5.32 Å². The summed E-state index contributed by atoms with van der Waals surface area (Å²) in [6.45, 7) is 0. The molecule has 3 nitrogen and oxygen atoms in total. The Labute approximate surface area is 100 Å². The van der Waals surface area contributed by atoms with Crippen LogP contribution in [-0.4, -0.2) is 16.8 Å². The zero-order valence-corrected chi connectivity index (χ0v) is 10.1. The smallest absolute Gasteiger partial charge is 0.0839 e. The summed E-state index contributed by atoms with van der Waals surface area (Å²) in [5.74, 6) is 0. The van der Waals surface area contributed by atoms with Gasteiger partial charge in [0.15, 0.2) is 0 Å². The topological polar surface area (TPSA) is 29.9 Å². The van der Waals surface area contributed by atoms with E-state index in [1.165, 1.54) is 0 Å². The molecule has 1 N–H and O–H groups in total. The second-order valence-corrected chi connectivity index (χ2v) is 4.13. The van der Waals surface area contributed by atoms with E-state index in [0.29, 0.717) is 0 Å². The van der Waals surface area contributed by atoms with Crippen LogP contribution in [0.5, 0.6) is 0 Å². The van der Waals surface area contributed by atoms with Crippen LogP contribution in [0.15, 0.2) is 36.5 Å². The maximum absolute atomic E-state index is 5.99. The molecule has 0 amide bonds. The lowest BCUT2D eigenvalue weighted by molar-refractivity contribution is 0.642. The molecule has 0 bridgehead atoms. The van der Waals surface area contributed by atoms with Crippen LogP contribution in [-0.2, 0) is 7.05 Å². The van der Waals surface area contributed by atoms with Gasteiger partial charge in [-0.25, -0.2) is 0 Å². The van der Waals surface area contributed by atoms with E-state index < -0.39 is 0 Å². The van der Waals surface area contributed by atoms with Crippen molar-refractivity contribution in [2.45, 2.75) is 6.04 Å². The zero-order valence-electron chi connectivity index (χ0n) is 9.31. The van der Waals surface area contributed by atoms with Gasteiger partial charge in [-0.1, -0.05) is 23.7 Å². The van der Waals surface area contributed by atoms with Gasteiger partial charge in [0.05, 0.1) is 11.7 Å². The van der Waals surface area contributed by atoms with E-state index in [-0.39, 0.29) is 6.04 Å². The number of nitrogens with zero attached hydrogens (tertiary/aromatic N) is 2. The van der Waals surface area contributed by atoms with Crippen LogP contribution in [0.2, 0.25) is 5.02 Å². The van der Waals surface area contributed by atoms with E-state index in [4.69, 9.17) is 11.6 Å². The van der Waals surface area contributed by atoms with Crippen molar-refractivity contribution in [1.29, 1.82) is 0 Å². The Morgan fingerprint density at radius 3 is 2.75 bits per heavy atom. The molecule has 2 aromatic rings. The number of hydrogen-bond acceptors (Lipinski definition) is 2. The Morgan fingerprint density at radius 1 is 1.38 bits per heavy atom. The minimum Gasteiger partial charge on any atom is -0.308 e. The van der Waals surface area contributed by atoms with Gasteiger partial charge in [0.2, 0.25) is 0 Å². The van der Waals surface area contributed by atoms with E-state index >= 15 is 0 Å². The number of nitrogens with one attached hydrogen (secondary N) is 1. The Morgan fingerprint density at radius 2 is 2.19 bits per heavy atom. The summed E-state index contributed by atoms with van der Waals surface area (Å²) in [5.41, 5.74) is 2.11. The lowest BCUT2D eigenvalue weighted by Crippen LogP contribution is -2.18. The van der Waals surface area contributed by atoms with Gasteiger partial charge in [0, 0.05) is 18.3 Å². The number of aryl methyl sites for hydroxylation is 1. The van der Waals surface area contributed by atoms with E-state index in [2.05, 4.69) is 10.4 Å². The van der Waals surface area contributed by atoms with Gasteiger partial charge in [0.25, 0.3) is 0 Å². The first-order valence-corrected chi connectivity index (χ1v) is 5.51. The maximum Gasteiger partial charge on any atom is 0.0839 e. The summed E-state index contributed by atoms with van der Waals surface area (Å²) in [7, 11) is 3.83. The highest BCUT2D eigenvalue weighted by atomic mass is 35.5. The molecule has 0 spiro atoms. The highest BCUT2D eigenvalue weighted by Crippen LogP contribution is 2.22. The first kappa shape index (κ1) is 11.2. The van der Waals surface area contributed by atoms with Gasteiger partial charge in [-0.15, -0.1) is 0 Å². The monoisotopic (exact) mass is 235 g/mol. The third kappa shape index (κ3) is 2.26. The number of aromatic nitrogens is 2. The fourth-order valence-electron chi connectivity index (χ4n) is 1.76. The molecule has 0 aliphatic rings. The summed E-state index contributed by atoms with van der Waals surface area (Å²) >= 11 is 5.99. The third-order valence-electron chi connectivity index (χ3n) is 2.50. The van der Waals surface area contributed by atoms with Crippen LogP contribution in [0.4, 0.5) is 0 Å². The third-order valence-corrected chi connectivity index (χ3v) is 2.74. The normalized spacial score (nSPS) is 12.7. The fraction of sp³-hybridized carbons (Fsp3) is 0.250. The molecule has 0 fully saturated rings. The van der Waals surface area contributed by atoms with Gasteiger partial charge in [-0.2, -0.15) is 5.10 Å². The van der Waals surface area contributed by atoms with E-state index in [1.54, 1.807) is 4.68 Å². The van der Waals surface area contributed by atoms with Crippen molar-refractivity contribution in [2.75, 3.05) is 7.05 Å². The second kappa shape index (κ2) is 4.68. The number of halogens is 1. The molecule has 0 saturated heterocycles. The van der Waals surface area contributed by atoms with Gasteiger partial charge < -0.3 is 5.32 Å². The van der Waals surface area contributed by atoms with E-state index in [0.717, 1.165) is 16.3 Å². The molecule has 1 unspecified atom stereocenters.